The Kier molecular flexibility index (Phi) is 10.1. The molecule has 0 spiro atoms. The molecule has 0 radical (unpaired) electrons. The van der Waals surface area contributed by atoms with Gasteiger partial charge < -0.3 is 39.0 Å². The first kappa shape index (κ1) is 37.1. The molecule has 1 fully saturated rings. The molecule has 3 N–H and O–H groups in total. The van der Waals surface area contributed by atoms with Crippen LogP contribution in [-0.2, 0) is 19.8 Å². The second kappa shape index (κ2) is 15.8. The fourth-order valence-electron chi connectivity index (χ4n) is 8.39. The van der Waals surface area contributed by atoms with Crippen molar-refractivity contribution in [1.29, 1.82) is 0 Å². The molecular weight excluding hydrogens is 735 g/mol. The molecule has 12 heteroatoms. The van der Waals surface area contributed by atoms with Gasteiger partial charge in [-0.3, -0.25) is 5.32 Å². The lowest BCUT2D eigenvalue weighted by Gasteiger charge is -2.37. The Morgan fingerprint density at radius 1 is 0.810 bits per heavy atom. The lowest BCUT2D eigenvalue weighted by molar-refractivity contribution is -0.101. The van der Waals surface area contributed by atoms with Crippen LogP contribution in [0.3, 0.4) is 0 Å². The predicted molar refractivity (Wildman–Crippen MR) is 219 cm³/mol. The van der Waals surface area contributed by atoms with Gasteiger partial charge >= 0.3 is 6.09 Å². The summed E-state index contributed by atoms with van der Waals surface area (Å²) in [6.07, 6.45) is 0.112. The van der Waals surface area contributed by atoms with Gasteiger partial charge in [0, 0.05) is 12.3 Å². The standard InChI is InChI=1S/C46H43N5O7/c1-54-32-20-16-30(17-21-32)46(29-10-4-3-5-11-29,31-18-22-33(55-2)23-19-31)57-26-40-39(52)24-41(58-40)51-28-49-42-43(47-27-48-44(42)51)50-45(53)56-25-38-36-14-8-6-12-34(36)35-13-7-9-15-37(35)38/h3-23,27-28,38-41,44,52H,24-26H2,1-2H3,(H,47,48)(H,50,53)/t39-,40+,41+,44?/m0/s1. The van der Waals surface area contributed by atoms with E-state index in [1.807, 2.05) is 108 Å². The number of benzene rings is 5. The highest BCUT2D eigenvalue weighted by molar-refractivity contribution is 5.79. The summed E-state index contributed by atoms with van der Waals surface area (Å²) < 4.78 is 30.3. The number of ether oxygens (including phenoxy) is 5. The minimum absolute atomic E-state index is 0.0579. The second-order valence-electron chi connectivity index (χ2n) is 14.4. The van der Waals surface area contributed by atoms with E-state index in [0.717, 1.165) is 50.4 Å². The number of aliphatic hydroxyl groups is 1. The van der Waals surface area contributed by atoms with E-state index < -0.39 is 36.3 Å². The number of alkyl carbamates (subject to hydrolysis) is 1. The van der Waals surface area contributed by atoms with Crippen molar-refractivity contribution in [2.24, 2.45) is 9.98 Å². The van der Waals surface area contributed by atoms with Crippen LogP contribution < -0.4 is 20.1 Å². The molecule has 1 aliphatic carbocycles. The zero-order chi connectivity index (χ0) is 39.6. The zero-order valence-electron chi connectivity index (χ0n) is 32.0. The number of hydrogen-bond donors (Lipinski definition) is 3. The molecule has 1 saturated heterocycles. The van der Waals surface area contributed by atoms with Gasteiger partial charge in [-0.1, -0.05) is 103 Å². The number of rotatable bonds is 12. The van der Waals surface area contributed by atoms with Crippen molar-refractivity contribution < 1.29 is 33.6 Å². The van der Waals surface area contributed by atoms with Crippen molar-refractivity contribution in [3.63, 3.8) is 0 Å². The van der Waals surface area contributed by atoms with Crippen molar-refractivity contribution in [2.45, 2.75) is 42.5 Å². The van der Waals surface area contributed by atoms with Crippen LogP contribution in [0.2, 0.25) is 0 Å². The topological polar surface area (TPSA) is 135 Å². The smallest absolute Gasteiger partial charge is 0.412 e. The minimum atomic E-state index is -1.08. The summed E-state index contributed by atoms with van der Waals surface area (Å²) in [5.41, 5.74) is 6.63. The summed E-state index contributed by atoms with van der Waals surface area (Å²) >= 11 is 0. The molecule has 9 rings (SSSR count). The normalized spacial score (nSPS) is 20.6. The predicted octanol–water partition coefficient (Wildman–Crippen LogP) is 6.50. The van der Waals surface area contributed by atoms with Crippen molar-refractivity contribution in [3.8, 4) is 22.6 Å². The number of carbonyl (C=O) groups excluding carboxylic acids is 1. The molecular formula is C46H43N5O7. The van der Waals surface area contributed by atoms with Gasteiger partial charge in [0.25, 0.3) is 0 Å². The summed E-state index contributed by atoms with van der Waals surface area (Å²) in [7, 11) is 3.27. The lowest BCUT2D eigenvalue weighted by atomic mass is 9.80. The van der Waals surface area contributed by atoms with Crippen LogP contribution in [0.5, 0.6) is 11.5 Å². The maximum Gasteiger partial charge on any atom is 0.412 e. The highest BCUT2D eigenvalue weighted by Gasteiger charge is 2.45. The first-order valence-corrected chi connectivity index (χ1v) is 19.2. The average Bonchev–Trinajstić information content (AvgIpc) is 3.97. The van der Waals surface area contributed by atoms with E-state index in [9.17, 15) is 9.90 Å². The van der Waals surface area contributed by atoms with Gasteiger partial charge in [0.15, 0.2) is 6.17 Å². The first-order chi connectivity index (χ1) is 28.5. The number of aliphatic imine (C=N–C) groups is 2. The third-order valence-corrected chi connectivity index (χ3v) is 11.3. The van der Waals surface area contributed by atoms with Crippen LogP contribution in [0.25, 0.3) is 11.1 Å². The summed E-state index contributed by atoms with van der Waals surface area (Å²) in [6.45, 7) is 0.234. The molecule has 5 aromatic carbocycles. The van der Waals surface area contributed by atoms with E-state index in [2.05, 4.69) is 44.9 Å². The largest absolute Gasteiger partial charge is 0.497 e. The van der Waals surface area contributed by atoms with Gasteiger partial charge in [-0.15, -0.1) is 0 Å². The number of nitrogens with one attached hydrogen (secondary N) is 2. The van der Waals surface area contributed by atoms with Crippen LogP contribution in [0.4, 0.5) is 4.79 Å². The highest BCUT2D eigenvalue weighted by Crippen LogP contribution is 2.45. The van der Waals surface area contributed by atoms with E-state index in [4.69, 9.17) is 23.7 Å². The Balaban J connectivity index is 0.902. The number of methoxy groups -OCH3 is 2. The van der Waals surface area contributed by atoms with E-state index in [0.29, 0.717) is 11.5 Å². The average molecular weight is 778 g/mol. The van der Waals surface area contributed by atoms with Gasteiger partial charge in [-0.2, -0.15) is 0 Å². The van der Waals surface area contributed by atoms with Crippen molar-refractivity contribution in [2.75, 3.05) is 27.4 Å². The highest BCUT2D eigenvalue weighted by atomic mass is 16.6. The van der Waals surface area contributed by atoms with Gasteiger partial charge in [0.05, 0.1) is 39.6 Å². The van der Waals surface area contributed by atoms with Gasteiger partial charge in [-0.05, 0) is 63.2 Å². The molecule has 1 unspecified atom stereocenters. The summed E-state index contributed by atoms with van der Waals surface area (Å²) in [5, 5.41) is 17.3. The third-order valence-electron chi connectivity index (χ3n) is 11.3. The third kappa shape index (κ3) is 6.74. The van der Waals surface area contributed by atoms with Crippen LogP contribution in [0.15, 0.2) is 149 Å². The van der Waals surface area contributed by atoms with Crippen molar-refractivity contribution in [3.05, 3.63) is 167 Å². The minimum Gasteiger partial charge on any atom is -0.497 e. The summed E-state index contributed by atoms with van der Waals surface area (Å²) in [6, 6.07) is 42.0. The molecule has 12 nitrogen and oxygen atoms in total. The molecule has 4 atom stereocenters. The number of nitrogens with zero attached hydrogens (tertiary/aromatic N) is 3. The molecule has 0 saturated carbocycles. The summed E-state index contributed by atoms with van der Waals surface area (Å²) in [5.74, 6) is 1.73. The Morgan fingerprint density at radius 3 is 2.02 bits per heavy atom. The number of amides is 1. The quantitative estimate of drug-likeness (QED) is 0.122. The van der Waals surface area contributed by atoms with Crippen LogP contribution in [0, 0.1) is 0 Å². The fourth-order valence-corrected chi connectivity index (χ4v) is 8.39. The first-order valence-electron chi connectivity index (χ1n) is 19.2. The lowest BCUT2D eigenvalue weighted by Crippen LogP contribution is -2.44. The Labute approximate surface area is 336 Å². The monoisotopic (exact) mass is 777 g/mol. The number of carbonyl (C=O) groups is 1. The van der Waals surface area contributed by atoms with E-state index in [1.165, 1.54) is 6.34 Å². The van der Waals surface area contributed by atoms with Crippen molar-refractivity contribution >= 4 is 18.8 Å². The van der Waals surface area contributed by atoms with Gasteiger partial charge in [0.2, 0.25) is 0 Å². The molecule has 294 valence electrons. The molecule has 0 bridgehead atoms. The number of aliphatic hydroxyl groups excluding tert-OH is 1. The molecule has 3 heterocycles. The maximum absolute atomic E-state index is 13.2. The fraction of sp³-hybridized carbons (Fsp3) is 0.239. The number of hydrogen-bond acceptors (Lipinski definition) is 11. The van der Waals surface area contributed by atoms with Crippen molar-refractivity contribution in [1.82, 2.24) is 15.5 Å². The Hall–Kier alpha value is -6.47. The van der Waals surface area contributed by atoms with Gasteiger partial charge in [-0.25, -0.2) is 14.8 Å². The second-order valence-corrected chi connectivity index (χ2v) is 14.4. The molecule has 1 amide bonds. The molecule has 58 heavy (non-hydrogen) atoms. The molecule has 4 aliphatic rings. The Bertz CT molecular complexity index is 2270. The summed E-state index contributed by atoms with van der Waals surface area (Å²) in [4.78, 5) is 24.3. The zero-order valence-corrected chi connectivity index (χ0v) is 32.0. The van der Waals surface area contributed by atoms with Crippen LogP contribution in [-0.4, -0.2) is 80.8 Å². The van der Waals surface area contributed by atoms with Crippen LogP contribution >= 0.6 is 0 Å². The molecule has 3 aliphatic heterocycles. The van der Waals surface area contributed by atoms with E-state index in [-0.39, 0.29) is 25.6 Å². The Morgan fingerprint density at radius 2 is 1.40 bits per heavy atom. The SMILES string of the molecule is COc1ccc(C(OC[C@H]2O[C@@H](N3C=NC4=C(NC(=O)OCC5c6ccccc6-c6ccccc65)NC=NC43)C[C@@H]2O)(c2ccccc2)c2ccc(OC)cc2)cc1. The van der Waals surface area contributed by atoms with E-state index >= 15 is 0 Å². The number of fused-ring (bicyclic) bond motifs is 4. The van der Waals surface area contributed by atoms with Crippen LogP contribution in [0.1, 0.15) is 40.2 Å². The molecule has 5 aromatic rings. The van der Waals surface area contributed by atoms with Gasteiger partial charge in [0.1, 0.15) is 47.6 Å². The van der Waals surface area contributed by atoms with E-state index in [1.54, 1.807) is 20.6 Å². The molecule has 0 aromatic heterocycles. The maximum atomic E-state index is 13.2.